The fourth-order valence-electron chi connectivity index (χ4n) is 4.74. The van der Waals surface area contributed by atoms with Crippen molar-refractivity contribution in [3.63, 3.8) is 0 Å². The highest BCUT2D eigenvalue weighted by Crippen LogP contribution is 2.64. The van der Waals surface area contributed by atoms with E-state index in [1.54, 1.807) is 44.3 Å². The van der Waals surface area contributed by atoms with Crippen LogP contribution in [0, 0.1) is 17.3 Å². The zero-order valence-electron chi connectivity index (χ0n) is 15.9. The van der Waals surface area contributed by atoms with Gasteiger partial charge >= 0.3 is 5.97 Å². The molecule has 5 unspecified atom stereocenters. The molecule has 5 atom stereocenters. The van der Waals surface area contributed by atoms with E-state index in [-0.39, 0.29) is 0 Å². The molecule has 0 amide bonds. The molecule has 28 heavy (non-hydrogen) atoms. The number of esters is 1. The van der Waals surface area contributed by atoms with E-state index in [0.717, 1.165) is 10.7 Å². The lowest BCUT2D eigenvalue weighted by Gasteiger charge is -2.53. The van der Waals surface area contributed by atoms with E-state index >= 15 is 0 Å². The van der Waals surface area contributed by atoms with Crippen molar-refractivity contribution in [2.45, 2.75) is 44.0 Å². The summed E-state index contributed by atoms with van der Waals surface area (Å²) in [6.45, 7) is 4.52. The minimum absolute atomic E-state index is 0.538. The number of fused-ring (bicyclic) bond motifs is 1. The predicted molar refractivity (Wildman–Crippen MR) is 104 cm³/mol. The van der Waals surface area contributed by atoms with Gasteiger partial charge in [-0.15, -0.1) is 0 Å². The van der Waals surface area contributed by atoms with Crippen LogP contribution in [0.1, 0.15) is 32.9 Å². The Balaban J connectivity index is 2.19. The van der Waals surface area contributed by atoms with Crippen molar-refractivity contribution in [3.05, 3.63) is 34.6 Å². The lowest BCUT2D eigenvalue weighted by molar-refractivity contribution is -0.154. The normalized spacial score (nSPS) is 37.7. The molecule has 2 heterocycles. The largest absolute Gasteiger partial charge is 0.461 e. The van der Waals surface area contributed by atoms with Gasteiger partial charge in [-0.25, -0.2) is 17.2 Å². The van der Waals surface area contributed by atoms with Gasteiger partial charge in [0.1, 0.15) is 6.10 Å². The Bertz CT molecular complexity index is 934. The minimum atomic E-state index is -4.19. The molecule has 2 aliphatic rings. The van der Waals surface area contributed by atoms with Crippen molar-refractivity contribution in [1.29, 1.82) is 0 Å². The Labute approximate surface area is 171 Å². The van der Waals surface area contributed by atoms with Gasteiger partial charge in [0.15, 0.2) is 14.6 Å². The Hall–Kier alpha value is -1.35. The second-order valence-electron chi connectivity index (χ2n) is 7.94. The van der Waals surface area contributed by atoms with Gasteiger partial charge in [-0.1, -0.05) is 19.9 Å². The highest BCUT2D eigenvalue weighted by Gasteiger charge is 2.78. The topological polar surface area (TPSA) is 73.3 Å². The summed E-state index contributed by atoms with van der Waals surface area (Å²) in [7, 11) is -4.19. The van der Waals surface area contributed by atoms with Gasteiger partial charge in [-0.3, -0.25) is 9.78 Å². The number of pyridine rings is 1. The average molecular weight is 478 g/mol. The Morgan fingerprint density at radius 3 is 2.50 bits per heavy atom. The number of halogens is 3. The molecule has 154 valence electrons. The van der Waals surface area contributed by atoms with E-state index in [2.05, 4.69) is 20.9 Å². The van der Waals surface area contributed by atoms with Crippen LogP contribution in [-0.4, -0.2) is 42.4 Å². The van der Waals surface area contributed by atoms with Gasteiger partial charge < -0.3 is 4.74 Å². The zero-order chi connectivity index (χ0) is 21.1. The highest BCUT2D eigenvalue weighted by molar-refractivity contribution is 9.10. The molecular weight excluding hydrogens is 456 g/mol. The van der Waals surface area contributed by atoms with Crippen LogP contribution in [0.3, 0.4) is 0 Å². The standard InChI is InChI=1S/C19H22BrF2NO4S/c1-11-15(8-7-14-6-5-13(20)9-23-14)17(3)12(2)27-16(24)18(17,28(4,25)26)10-19(11,21)22/h5-9,11-12,15H,10H2,1-4H3. The molecule has 0 aromatic carbocycles. The van der Waals surface area contributed by atoms with E-state index < -0.39 is 56.3 Å². The lowest BCUT2D eigenvalue weighted by atomic mass is 9.54. The predicted octanol–water partition coefficient (Wildman–Crippen LogP) is 3.88. The molecule has 0 radical (unpaired) electrons. The molecule has 0 spiro atoms. The van der Waals surface area contributed by atoms with Gasteiger partial charge in [0.2, 0.25) is 0 Å². The number of carbonyl (C=O) groups excluding carboxylic acids is 1. The van der Waals surface area contributed by atoms with Gasteiger partial charge in [0.25, 0.3) is 5.92 Å². The number of allylic oxidation sites excluding steroid dienone is 1. The smallest absolute Gasteiger partial charge is 0.328 e. The monoisotopic (exact) mass is 477 g/mol. The van der Waals surface area contributed by atoms with Gasteiger partial charge in [-0.05, 0) is 47.0 Å². The quantitative estimate of drug-likeness (QED) is 0.617. The fraction of sp³-hybridized carbons (Fsp3) is 0.579. The molecule has 3 rings (SSSR count). The number of hydrogen-bond donors (Lipinski definition) is 0. The maximum atomic E-state index is 15.0. The van der Waals surface area contributed by atoms with Crippen LogP contribution in [0.2, 0.25) is 0 Å². The van der Waals surface area contributed by atoms with Crippen molar-refractivity contribution < 1.29 is 26.7 Å². The summed E-state index contributed by atoms with van der Waals surface area (Å²) in [5.74, 6) is -6.54. The summed E-state index contributed by atoms with van der Waals surface area (Å²) < 4.78 is 59.2. The number of ether oxygens (including phenoxy) is 1. The highest BCUT2D eigenvalue weighted by atomic mass is 79.9. The molecule has 1 saturated carbocycles. The SMILES string of the molecule is CC1C(C=Cc2ccc(Br)cn2)C2(C)C(C)OC(=O)C2(S(C)(=O)=O)CC1(F)F. The fourth-order valence-corrected chi connectivity index (χ4v) is 6.88. The third-order valence-electron chi connectivity index (χ3n) is 6.57. The summed E-state index contributed by atoms with van der Waals surface area (Å²) in [6, 6.07) is 3.47. The third-order valence-corrected chi connectivity index (χ3v) is 9.05. The summed E-state index contributed by atoms with van der Waals surface area (Å²) in [5.41, 5.74) is -0.805. The third kappa shape index (κ3) is 2.84. The molecule has 0 bridgehead atoms. The van der Waals surface area contributed by atoms with Crippen molar-refractivity contribution in [2.75, 3.05) is 6.26 Å². The Morgan fingerprint density at radius 2 is 1.96 bits per heavy atom. The summed E-state index contributed by atoms with van der Waals surface area (Å²) in [4.78, 5) is 16.9. The van der Waals surface area contributed by atoms with Crippen molar-refractivity contribution in [3.8, 4) is 0 Å². The zero-order valence-corrected chi connectivity index (χ0v) is 18.4. The van der Waals surface area contributed by atoms with Crippen LogP contribution >= 0.6 is 15.9 Å². The molecule has 2 fully saturated rings. The van der Waals surface area contributed by atoms with E-state index in [1.807, 2.05) is 0 Å². The van der Waals surface area contributed by atoms with Gasteiger partial charge in [0.05, 0.1) is 5.69 Å². The van der Waals surface area contributed by atoms with Crippen molar-refractivity contribution in [2.24, 2.45) is 17.3 Å². The van der Waals surface area contributed by atoms with Crippen LogP contribution < -0.4 is 0 Å². The molecule has 9 heteroatoms. The van der Waals surface area contributed by atoms with Crippen LogP contribution in [0.4, 0.5) is 8.78 Å². The lowest BCUT2D eigenvalue weighted by Crippen LogP contribution is -2.66. The van der Waals surface area contributed by atoms with E-state index in [4.69, 9.17) is 4.74 Å². The molecule has 1 aliphatic heterocycles. The first-order valence-corrected chi connectivity index (χ1v) is 11.5. The first-order valence-electron chi connectivity index (χ1n) is 8.85. The maximum Gasteiger partial charge on any atom is 0.328 e. The number of aromatic nitrogens is 1. The second kappa shape index (κ2) is 6.58. The molecule has 5 nitrogen and oxygen atoms in total. The summed E-state index contributed by atoms with van der Waals surface area (Å²) in [6.07, 6.45) is 3.65. The maximum absolute atomic E-state index is 15.0. The molecule has 1 aliphatic carbocycles. The molecular formula is C19H22BrF2NO4S. The Kier molecular flexibility index (Phi) is 5.02. The van der Waals surface area contributed by atoms with Crippen LogP contribution in [0.25, 0.3) is 6.08 Å². The number of nitrogens with zero attached hydrogens (tertiary/aromatic N) is 1. The number of hydrogen-bond acceptors (Lipinski definition) is 5. The number of cyclic esters (lactones) is 1. The number of sulfone groups is 1. The molecule has 1 saturated heterocycles. The summed E-state index contributed by atoms with van der Waals surface area (Å²) >= 11 is 3.28. The van der Waals surface area contributed by atoms with Crippen LogP contribution in [0.15, 0.2) is 28.9 Å². The minimum Gasteiger partial charge on any atom is -0.461 e. The van der Waals surface area contributed by atoms with E-state index in [1.165, 1.54) is 6.92 Å². The first kappa shape index (κ1) is 21.4. The van der Waals surface area contributed by atoms with Gasteiger partial charge in [-0.2, -0.15) is 0 Å². The Morgan fingerprint density at radius 1 is 1.32 bits per heavy atom. The van der Waals surface area contributed by atoms with E-state index in [0.29, 0.717) is 5.69 Å². The van der Waals surface area contributed by atoms with Crippen LogP contribution in [-0.2, 0) is 19.4 Å². The number of alkyl halides is 2. The van der Waals surface area contributed by atoms with Gasteiger partial charge in [0, 0.05) is 34.7 Å². The molecule has 1 aromatic heterocycles. The first-order chi connectivity index (χ1) is 12.8. The summed E-state index contributed by atoms with van der Waals surface area (Å²) in [5, 5.41) is 0. The van der Waals surface area contributed by atoms with E-state index in [9.17, 15) is 22.0 Å². The van der Waals surface area contributed by atoms with Crippen LogP contribution in [0.5, 0.6) is 0 Å². The second-order valence-corrected chi connectivity index (χ2v) is 11.1. The average Bonchev–Trinajstić information content (AvgIpc) is 2.77. The molecule has 0 N–H and O–H groups in total. The molecule has 1 aromatic rings. The van der Waals surface area contributed by atoms with Crippen molar-refractivity contribution >= 4 is 37.8 Å². The van der Waals surface area contributed by atoms with Crippen molar-refractivity contribution in [1.82, 2.24) is 4.98 Å². The number of carbonyl (C=O) groups is 1. The number of rotatable bonds is 3.